The van der Waals surface area contributed by atoms with Gasteiger partial charge in [0, 0.05) is 24.7 Å². The normalized spacial score (nSPS) is 18.7. The van der Waals surface area contributed by atoms with E-state index in [9.17, 15) is 22.8 Å². The number of hydrogen-bond acceptors (Lipinski definition) is 5. The Balaban J connectivity index is 0.00000324. The van der Waals surface area contributed by atoms with Gasteiger partial charge >= 0.3 is 12.1 Å². The summed E-state index contributed by atoms with van der Waals surface area (Å²) in [7, 11) is 1.28. The molecular weight excluding hydrogens is 471 g/mol. The van der Waals surface area contributed by atoms with Gasteiger partial charge in [0.2, 0.25) is 5.91 Å². The molecule has 0 aromatic heterocycles. The zero-order chi connectivity index (χ0) is 23.6. The number of benzene rings is 2. The third-order valence-electron chi connectivity index (χ3n) is 6.08. The number of carbonyl (C=O) groups excluding carboxylic acids is 2. The van der Waals surface area contributed by atoms with Crippen LogP contribution in [0.5, 0.6) is 5.75 Å². The Labute approximate surface area is 202 Å². The minimum atomic E-state index is -4.45. The first-order valence-corrected chi connectivity index (χ1v) is 10.7. The van der Waals surface area contributed by atoms with Gasteiger partial charge in [-0.05, 0) is 42.7 Å². The molecule has 0 saturated carbocycles. The number of ether oxygens (including phenoxy) is 3. The fourth-order valence-corrected chi connectivity index (χ4v) is 4.20. The van der Waals surface area contributed by atoms with E-state index in [2.05, 4.69) is 0 Å². The maximum Gasteiger partial charge on any atom is 0.416 e. The first-order valence-electron chi connectivity index (χ1n) is 10.7. The summed E-state index contributed by atoms with van der Waals surface area (Å²) in [6.45, 7) is 1.23. The predicted molar refractivity (Wildman–Crippen MR) is 122 cm³/mol. The number of fused-ring (bicyclic) bond motifs is 1. The monoisotopic (exact) mass is 497 g/mol. The highest BCUT2D eigenvalue weighted by molar-refractivity contribution is 7.59. The van der Waals surface area contributed by atoms with Crippen LogP contribution in [0.25, 0.3) is 0 Å². The summed E-state index contributed by atoms with van der Waals surface area (Å²) < 4.78 is 55.2. The van der Waals surface area contributed by atoms with Crippen LogP contribution in [0.1, 0.15) is 45.9 Å². The number of halogens is 3. The first-order chi connectivity index (χ1) is 15.8. The molecule has 0 aliphatic carbocycles. The van der Waals surface area contributed by atoms with Crippen molar-refractivity contribution in [2.24, 2.45) is 5.92 Å². The molecular formula is C24H26F3NO5S. The lowest BCUT2D eigenvalue weighted by Gasteiger charge is -2.34. The van der Waals surface area contributed by atoms with E-state index in [0.29, 0.717) is 48.5 Å². The highest BCUT2D eigenvalue weighted by atomic mass is 32.1. The molecule has 1 amide bonds. The zero-order valence-corrected chi connectivity index (χ0v) is 19.6. The minimum absolute atomic E-state index is 0. The van der Waals surface area contributed by atoms with Crippen molar-refractivity contribution in [1.82, 2.24) is 4.90 Å². The second-order valence-electron chi connectivity index (χ2n) is 8.11. The molecule has 4 rings (SSSR count). The summed E-state index contributed by atoms with van der Waals surface area (Å²) in [5.41, 5.74) is 0.808. The van der Waals surface area contributed by atoms with Gasteiger partial charge in [0.1, 0.15) is 12.4 Å². The lowest BCUT2D eigenvalue weighted by molar-refractivity contribution is -0.142. The van der Waals surface area contributed by atoms with Gasteiger partial charge in [-0.2, -0.15) is 26.7 Å². The Bertz CT molecular complexity index is 1020. The Hall–Kier alpha value is -2.72. The molecule has 2 aromatic rings. The topological polar surface area (TPSA) is 65.1 Å². The van der Waals surface area contributed by atoms with Gasteiger partial charge < -0.3 is 19.1 Å². The SMILES string of the molecule is COC(=O)c1ccc2c(c1)OC[C@H](c1ccc(C(F)(F)F)cc1)N(C(=O)C1CCOCC1)C2.S. The molecule has 0 spiro atoms. The number of esters is 1. The fraction of sp³-hybridized carbons (Fsp3) is 0.417. The number of hydrogen-bond donors (Lipinski definition) is 0. The van der Waals surface area contributed by atoms with Crippen LogP contribution in [0, 0.1) is 5.92 Å². The molecule has 0 bridgehead atoms. The van der Waals surface area contributed by atoms with Crippen LogP contribution < -0.4 is 4.74 Å². The van der Waals surface area contributed by atoms with Crippen LogP contribution in [0.3, 0.4) is 0 Å². The highest BCUT2D eigenvalue weighted by Crippen LogP contribution is 2.36. The molecule has 184 valence electrons. The van der Waals surface area contributed by atoms with E-state index in [0.717, 1.165) is 12.1 Å². The molecule has 0 radical (unpaired) electrons. The van der Waals surface area contributed by atoms with Crippen molar-refractivity contribution < 1.29 is 37.0 Å². The largest absolute Gasteiger partial charge is 0.491 e. The second kappa shape index (κ2) is 10.7. The van der Waals surface area contributed by atoms with Gasteiger partial charge in [0.15, 0.2) is 0 Å². The standard InChI is InChI=1S/C24H24F3NO5.H2S/c1-31-23(30)17-2-3-18-13-28(22(29)16-8-10-32-11-9-16)20(14-33-21(18)12-17)15-4-6-19(7-5-15)24(25,26)27;/h2-7,12,16,20H,8-11,13-14H2,1H3;1H2/t20-;/m1./s1. The zero-order valence-electron chi connectivity index (χ0n) is 18.6. The molecule has 34 heavy (non-hydrogen) atoms. The maximum absolute atomic E-state index is 13.5. The molecule has 1 saturated heterocycles. The number of alkyl halides is 3. The molecule has 1 fully saturated rings. The summed E-state index contributed by atoms with van der Waals surface area (Å²) in [6, 6.07) is 9.09. The van der Waals surface area contributed by atoms with Crippen molar-refractivity contribution in [1.29, 1.82) is 0 Å². The molecule has 1 atom stereocenters. The van der Waals surface area contributed by atoms with Crippen LogP contribution in [-0.2, 0) is 27.0 Å². The van der Waals surface area contributed by atoms with E-state index in [4.69, 9.17) is 14.2 Å². The molecule has 2 aliphatic rings. The van der Waals surface area contributed by atoms with Crippen molar-refractivity contribution in [3.63, 3.8) is 0 Å². The van der Waals surface area contributed by atoms with Gasteiger partial charge in [0.05, 0.1) is 30.8 Å². The van der Waals surface area contributed by atoms with Gasteiger partial charge in [0.25, 0.3) is 0 Å². The van der Waals surface area contributed by atoms with E-state index in [1.54, 1.807) is 23.1 Å². The van der Waals surface area contributed by atoms with Crippen molar-refractivity contribution in [3.8, 4) is 5.75 Å². The Kier molecular flexibility index (Phi) is 8.14. The Morgan fingerprint density at radius 2 is 1.74 bits per heavy atom. The molecule has 2 aromatic carbocycles. The number of amides is 1. The van der Waals surface area contributed by atoms with Crippen LogP contribution in [-0.4, -0.2) is 43.7 Å². The third-order valence-corrected chi connectivity index (χ3v) is 6.08. The van der Waals surface area contributed by atoms with Crippen LogP contribution in [0.2, 0.25) is 0 Å². The van der Waals surface area contributed by atoms with E-state index in [-0.39, 0.29) is 38.5 Å². The predicted octanol–water partition coefficient (Wildman–Crippen LogP) is 4.49. The number of rotatable bonds is 3. The van der Waals surface area contributed by atoms with Crippen LogP contribution >= 0.6 is 13.5 Å². The number of carbonyl (C=O) groups is 2. The summed E-state index contributed by atoms with van der Waals surface area (Å²) in [4.78, 5) is 27.1. The van der Waals surface area contributed by atoms with E-state index >= 15 is 0 Å². The van der Waals surface area contributed by atoms with Crippen molar-refractivity contribution in [2.45, 2.75) is 31.6 Å². The summed E-state index contributed by atoms with van der Waals surface area (Å²) >= 11 is 0. The van der Waals surface area contributed by atoms with Gasteiger partial charge in [-0.25, -0.2) is 4.79 Å². The van der Waals surface area contributed by atoms with Crippen molar-refractivity contribution in [2.75, 3.05) is 26.9 Å². The average Bonchev–Trinajstić information content (AvgIpc) is 3.02. The quantitative estimate of drug-likeness (QED) is 0.585. The number of nitrogens with zero attached hydrogens (tertiary/aromatic N) is 1. The van der Waals surface area contributed by atoms with Crippen LogP contribution in [0.15, 0.2) is 42.5 Å². The molecule has 2 aliphatic heterocycles. The number of methoxy groups -OCH3 is 1. The molecule has 10 heteroatoms. The van der Waals surface area contributed by atoms with Gasteiger partial charge in [-0.3, -0.25) is 4.79 Å². The lowest BCUT2D eigenvalue weighted by atomic mass is 9.95. The third kappa shape index (κ3) is 5.50. The maximum atomic E-state index is 13.5. The minimum Gasteiger partial charge on any atom is -0.491 e. The summed E-state index contributed by atoms with van der Waals surface area (Å²) in [5.74, 6) is -0.388. The first kappa shape index (κ1) is 25.9. The molecule has 2 heterocycles. The Morgan fingerprint density at radius 1 is 1.06 bits per heavy atom. The van der Waals surface area contributed by atoms with E-state index in [1.165, 1.54) is 19.2 Å². The lowest BCUT2D eigenvalue weighted by Crippen LogP contribution is -2.41. The van der Waals surface area contributed by atoms with Gasteiger partial charge in [-0.15, -0.1) is 0 Å². The highest BCUT2D eigenvalue weighted by Gasteiger charge is 2.36. The van der Waals surface area contributed by atoms with E-state index in [1.807, 2.05) is 0 Å². The van der Waals surface area contributed by atoms with Crippen molar-refractivity contribution in [3.05, 3.63) is 64.7 Å². The Morgan fingerprint density at radius 3 is 2.35 bits per heavy atom. The summed E-state index contributed by atoms with van der Waals surface area (Å²) in [6.07, 6.45) is -3.27. The smallest absolute Gasteiger partial charge is 0.416 e. The van der Waals surface area contributed by atoms with Crippen LogP contribution in [0.4, 0.5) is 13.2 Å². The summed E-state index contributed by atoms with van der Waals surface area (Å²) in [5, 5.41) is 0. The fourth-order valence-electron chi connectivity index (χ4n) is 4.20. The van der Waals surface area contributed by atoms with E-state index < -0.39 is 23.8 Å². The average molecular weight is 498 g/mol. The van der Waals surface area contributed by atoms with Gasteiger partial charge in [-0.1, -0.05) is 18.2 Å². The molecule has 6 nitrogen and oxygen atoms in total. The second-order valence-corrected chi connectivity index (χ2v) is 8.11. The molecule has 0 unspecified atom stereocenters. The van der Waals surface area contributed by atoms with Crippen molar-refractivity contribution >= 4 is 25.4 Å². The molecule has 0 N–H and O–H groups in total.